The molecule has 0 aliphatic carbocycles. The zero-order chi connectivity index (χ0) is 14.7. The van der Waals surface area contributed by atoms with Gasteiger partial charge in [0.25, 0.3) is 5.91 Å². The van der Waals surface area contributed by atoms with E-state index in [-0.39, 0.29) is 24.1 Å². The standard InChI is InChI=1S/C13H15N3O4/c1-7(2)9-5-10(16-15-9)12(17)14-6-8-3-4-11(20-8)13(18)19/h3-5,7H,6H2,1-2H3,(H,14,17)(H,15,16)(H,18,19). The zero-order valence-corrected chi connectivity index (χ0v) is 11.1. The average Bonchev–Trinajstić information content (AvgIpc) is 3.05. The molecule has 0 radical (unpaired) electrons. The smallest absolute Gasteiger partial charge is 0.371 e. The normalized spacial score (nSPS) is 10.8. The number of carbonyl (C=O) groups excluding carboxylic acids is 1. The molecule has 0 bridgehead atoms. The van der Waals surface area contributed by atoms with Gasteiger partial charge < -0.3 is 14.8 Å². The first-order valence-corrected chi connectivity index (χ1v) is 6.13. The minimum Gasteiger partial charge on any atom is -0.475 e. The number of rotatable bonds is 5. The number of H-pyrrole nitrogens is 1. The van der Waals surface area contributed by atoms with Gasteiger partial charge in [-0.3, -0.25) is 9.89 Å². The van der Waals surface area contributed by atoms with Crippen LogP contribution in [0.15, 0.2) is 22.6 Å². The summed E-state index contributed by atoms with van der Waals surface area (Å²) in [5.74, 6) is -1.02. The second-order valence-corrected chi connectivity index (χ2v) is 4.62. The van der Waals surface area contributed by atoms with Crippen molar-refractivity contribution >= 4 is 11.9 Å². The number of aromatic carboxylic acids is 1. The van der Waals surface area contributed by atoms with Crippen LogP contribution in [0.25, 0.3) is 0 Å². The Morgan fingerprint density at radius 1 is 1.45 bits per heavy atom. The molecule has 0 aromatic carbocycles. The highest BCUT2D eigenvalue weighted by Crippen LogP contribution is 2.12. The molecule has 0 saturated carbocycles. The Hall–Kier alpha value is -2.57. The molecule has 0 atom stereocenters. The van der Waals surface area contributed by atoms with Gasteiger partial charge in [0.1, 0.15) is 11.5 Å². The Labute approximate surface area is 115 Å². The molecule has 20 heavy (non-hydrogen) atoms. The number of furan rings is 1. The third-order valence-corrected chi connectivity index (χ3v) is 2.75. The summed E-state index contributed by atoms with van der Waals surface area (Å²) < 4.78 is 5.03. The summed E-state index contributed by atoms with van der Waals surface area (Å²) in [7, 11) is 0. The van der Waals surface area contributed by atoms with Crippen molar-refractivity contribution in [3.05, 3.63) is 41.1 Å². The number of nitrogens with one attached hydrogen (secondary N) is 2. The van der Waals surface area contributed by atoms with Crippen LogP contribution in [0.5, 0.6) is 0 Å². The molecule has 7 nitrogen and oxygen atoms in total. The van der Waals surface area contributed by atoms with E-state index in [0.29, 0.717) is 11.5 Å². The fourth-order valence-corrected chi connectivity index (χ4v) is 1.59. The molecule has 0 spiro atoms. The van der Waals surface area contributed by atoms with Crippen LogP contribution in [-0.2, 0) is 6.54 Å². The Morgan fingerprint density at radius 3 is 2.75 bits per heavy atom. The van der Waals surface area contributed by atoms with Gasteiger partial charge in [-0.05, 0) is 24.1 Å². The molecular formula is C13H15N3O4. The fourth-order valence-electron chi connectivity index (χ4n) is 1.59. The van der Waals surface area contributed by atoms with E-state index in [1.807, 2.05) is 13.8 Å². The van der Waals surface area contributed by atoms with Gasteiger partial charge in [-0.2, -0.15) is 5.10 Å². The number of aromatic nitrogens is 2. The van der Waals surface area contributed by atoms with Crippen molar-refractivity contribution in [1.82, 2.24) is 15.5 Å². The van der Waals surface area contributed by atoms with E-state index < -0.39 is 5.97 Å². The van der Waals surface area contributed by atoms with Crippen LogP contribution in [0.4, 0.5) is 0 Å². The van der Waals surface area contributed by atoms with Crippen molar-refractivity contribution in [3.63, 3.8) is 0 Å². The first-order valence-electron chi connectivity index (χ1n) is 6.13. The van der Waals surface area contributed by atoms with Crippen molar-refractivity contribution < 1.29 is 19.1 Å². The summed E-state index contributed by atoms with van der Waals surface area (Å²) in [6.07, 6.45) is 0. The number of hydrogen-bond acceptors (Lipinski definition) is 4. The summed E-state index contributed by atoms with van der Waals surface area (Å²) in [6, 6.07) is 4.54. The molecule has 2 aromatic heterocycles. The Morgan fingerprint density at radius 2 is 2.20 bits per heavy atom. The quantitative estimate of drug-likeness (QED) is 0.771. The predicted molar refractivity (Wildman–Crippen MR) is 69.5 cm³/mol. The second kappa shape index (κ2) is 5.60. The van der Waals surface area contributed by atoms with Crippen molar-refractivity contribution in [1.29, 1.82) is 0 Å². The summed E-state index contributed by atoms with van der Waals surface area (Å²) in [6.45, 7) is 4.09. The highest BCUT2D eigenvalue weighted by atomic mass is 16.4. The number of nitrogens with zero attached hydrogens (tertiary/aromatic N) is 1. The van der Waals surface area contributed by atoms with E-state index in [2.05, 4.69) is 15.5 Å². The number of aromatic amines is 1. The van der Waals surface area contributed by atoms with Crippen LogP contribution < -0.4 is 5.32 Å². The highest BCUT2D eigenvalue weighted by molar-refractivity contribution is 5.92. The Kier molecular flexibility index (Phi) is 3.88. The molecule has 0 aliphatic rings. The molecule has 3 N–H and O–H groups in total. The first kappa shape index (κ1) is 13.9. The zero-order valence-electron chi connectivity index (χ0n) is 11.1. The summed E-state index contributed by atoms with van der Waals surface area (Å²) in [4.78, 5) is 22.5. The third-order valence-electron chi connectivity index (χ3n) is 2.75. The van der Waals surface area contributed by atoms with Gasteiger partial charge in [0.15, 0.2) is 0 Å². The lowest BCUT2D eigenvalue weighted by atomic mass is 10.1. The Balaban J connectivity index is 1.95. The number of hydrogen-bond donors (Lipinski definition) is 3. The van der Waals surface area contributed by atoms with E-state index in [0.717, 1.165) is 5.69 Å². The lowest BCUT2D eigenvalue weighted by Crippen LogP contribution is -2.22. The number of carboxylic acid groups (broad SMARTS) is 1. The van der Waals surface area contributed by atoms with Crippen LogP contribution >= 0.6 is 0 Å². The van der Waals surface area contributed by atoms with Crippen molar-refractivity contribution in [3.8, 4) is 0 Å². The highest BCUT2D eigenvalue weighted by Gasteiger charge is 2.13. The lowest BCUT2D eigenvalue weighted by Gasteiger charge is -2.00. The minimum atomic E-state index is -1.14. The molecule has 2 rings (SSSR count). The largest absolute Gasteiger partial charge is 0.475 e. The van der Waals surface area contributed by atoms with Crippen LogP contribution in [0.2, 0.25) is 0 Å². The van der Waals surface area contributed by atoms with Crippen molar-refractivity contribution in [2.75, 3.05) is 0 Å². The molecular weight excluding hydrogens is 262 g/mol. The summed E-state index contributed by atoms with van der Waals surface area (Å²) in [5.41, 5.74) is 1.17. The molecule has 0 fully saturated rings. The van der Waals surface area contributed by atoms with Crippen molar-refractivity contribution in [2.24, 2.45) is 0 Å². The third kappa shape index (κ3) is 3.05. The molecule has 0 saturated heterocycles. The molecule has 106 valence electrons. The molecule has 7 heteroatoms. The fraction of sp³-hybridized carbons (Fsp3) is 0.308. The number of carbonyl (C=O) groups is 2. The minimum absolute atomic E-state index is 0.107. The molecule has 0 unspecified atom stereocenters. The monoisotopic (exact) mass is 277 g/mol. The summed E-state index contributed by atoms with van der Waals surface area (Å²) >= 11 is 0. The molecule has 2 aromatic rings. The van der Waals surface area contributed by atoms with Crippen LogP contribution in [0.1, 0.15) is 52.3 Å². The van der Waals surface area contributed by atoms with Gasteiger partial charge in [0, 0.05) is 5.69 Å². The van der Waals surface area contributed by atoms with E-state index in [9.17, 15) is 9.59 Å². The van der Waals surface area contributed by atoms with Crippen LogP contribution in [0.3, 0.4) is 0 Å². The van der Waals surface area contributed by atoms with E-state index in [4.69, 9.17) is 9.52 Å². The number of amides is 1. The predicted octanol–water partition coefficient (Wildman–Crippen LogP) is 1.75. The van der Waals surface area contributed by atoms with Crippen LogP contribution in [-0.4, -0.2) is 27.2 Å². The molecule has 2 heterocycles. The van der Waals surface area contributed by atoms with E-state index >= 15 is 0 Å². The van der Waals surface area contributed by atoms with Crippen molar-refractivity contribution in [2.45, 2.75) is 26.3 Å². The van der Waals surface area contributed by atoms with Gasteiger partial charge in [-0.25, -0.2) is 4.79 Å². The SMILES string of the molecule is CC(C)c1cc(C(=O)NCc2ccc(C(=O)O)o2)n[nH]1. The van der Waals surface area contributed by atoms with E-state index in [1.165, 1.54) is 12.1 Å². The first-order chi connectivity index (χ1) is 9.47. The Bertz CT molecular complexity index is 627. The maximum Gasteiger partial charge on any atom is 0.371 e. The molecule has 1 amide bonds. The van der Waals surface area contributed by atoms with Crippen LogP contribution in [0, 0.1) is 0 Å². The summed E-state index contributed by atoms with van der Waals surface area (Å²) in [5, 5.41) is 18.0. The van der Waals surface area contributed by atoms with Gasteiger partial charge in [-0.15, -0.1) is 0 Å². The van der Waals surface area contributed by atoms with E-state index in [1.54, 1.807) is 6.07 Å². The average molecular weight is 277 g/mol. The maximum atomic E-state index is 11.8. The van der Waals surface area contributed by atoms with Gasteiger partial charge in [-0.1, -0.05) is 13.8 Å². The van der Waals surface area contributed by atoms with Gasteiger partial charge in [0.05, 0.1) is 6.54 Å². The lowest BCUT2D eigenvalue weighted by molar-refractivity contribution is 0.0660. The topological polar surface area (TPSA) is 108 Å². The van der Waals surface area contributed by atoms with Gasteiger partial charge in [0.2, 0.25) is 5.76 Å². The molecule has 0 aliphatic heterocycles. The van der Waals surface area contributed by atoms with Gasteiger partial charge >= 0.3 is 5.97 Å². The second-order valence-electron chi connectivity index (χ2n) is 4.62. The maximum absolute atomic E-state index is 11.8. The number of carboxylic acids is 1.